The highest BCUT2D eigenvalue weighted by Crippen LogP contribution is 2.11. The van der Waals surface area contributed by atoms with Crippen molar-refractivity contribution in [1.82, 2.24) is 25.4 Å². The Morgan fingerprint density at radius 1 is 0.967 bits per heavy atom. The second-order valence-electron chi connectivity index (χ2n) is 7.73. The molecule has 2 aromatic carbocycles. The maximum absolute atomic E-state index is 4.80. The van der Waals surface area contributed by atoms with E-state index in [2.05, 4.69) is 89.3 Å². The number of aromatic nitrogens is 3. The third kappa shape index (κ3) is 6.17. The molecule has 0 aliphatic rings. The lowest BCUT2D eigenvalue weighted by molar-refractivity contribution is 0.578. The number of guanidine groups is 1. The Morgan fingerprint density at radius 3 is 2.27 bits per heavy atom. The zero-order valence-corrected chi connectivity index (χ0v) is 18.3. The van der Waals surface area contributed by atoms with Crippen LogP contribution in [0.15, 0.2) is 65.7 Å². The zero-order valence-electron chi connectivity index (χ0n) is 18.3. The van der Waals surface area contributed by atoms with E-state index in [-0.39, 0.29) is 12.1 Å². The number of aryl methyl sites for hydroxylation is 2. The van der Waals surface area contributed by atoms with Crippen molar-refractivity contribution < 1.29 is 0 Å². The summed E-state index contributed by atoms with van der Waals surface area (Å²) in [5, 5.41) is 15.5. The fourth-order valence-corrected chi connectivity index (χ4v) is 3.23. The van der Waals surface area contributed by atoms with E-state index < -0.39 is 0 Å². The third-order valence-corrected chi connectivity index (χ3v) is 5.31. The first-order chi connectivity index (χ1) is 14.5. The van der Waals surface area contributed by atoms with Crippen molar-refractivity contribution in [1.29, 1.82) is 0 Å². The van der Waals surface area contributed by atoms with E-state index in [1.54, 1.807) is 0 Å². The van der Waals surface area contributed by atoms with Gasteiger partial charge in [-0.2, -0.15) is 0 Å². The lowest BCUT2D eigenvalue weighted by Gasteiger charge is -2.22. The van der Waals surface area contributed by atoms with Gasteiger partial charge in [-0.15, -0.1) is 10.2 Å². The molecular formula is C24H32N6. The summed E-state index contributed by atoms with van der Waals surface area (Å²) in [6, 6.07) is 21.4. The lowest BCUT2D eigenvalue weighted by Crippen LogP contribution is -2.43. The molecule has 3 aromatic rings. The number of nitrogens with one attached hydrogen (secondary N) is 2. The summed E-state index contributed by atoms with van der Waals surface area (Å²) < 4.78 is 1.97. The predicted octanol–water partition coefficient (Wildman–Crippen LogP) is 3.94. The average molecular weight is 405 g/mol. The topological polar surface area (TPSA) is 67.1 Å². The average Bonchev–Trinajstić information content (AvgIpc) is 3.09. The van der Waals surface area contributed by atoms with Crippen molar-refractivity contribution in [3.8, 4) is 0 Å². The van der Waals surface area contributed by atoms with Crippen LogP contribution in [0.3, 0.4) is 0 Å². The second kappa shape index (κ2) is 10.6. The summed E-state index contributed by atoms with van der Waals surface area (Å²) in [6.07, 6.45) is 2.05. The molecule has 6 heteroatoms. The minimum absolute atomic E-state index is 0.139. The molecule has 2 atom stereocenters. The first-order valence-corrected chi connectivity index (χ1v) is 10.5. The quantitative estimate of drug-likeness (QED) is 0.441. The van der Waals surface area contributed by atoms with Crippen LogP contribution in [0.4, 0.5) is 0 Å². The van der Waals surface area contributed by atoms with E-state index in [4.69, 9.17) is 4.99 Å². The smallest absolute Gasteiger partial charge is 0.192 e. The van der Waals surface area contributed by atoms with Crippen LogP contribution < -0.4 is 10.6 Å². The number of rotatable bonds is 8. The fourth-order valence-electron chi connectivity index (χ4n) is 3.23. The summed E-state index contributed by atoms with van der Waals surface area (Å²) in [6.45, 7) is 6.76. The predicted molar refractivity (Wildman–Crippen MR) is 122 cm³/mol. The van der Waals surface area contributed by atoms with Gasteiger partial charge in [0.2, 0.25) is 0 Å². The van der Waals surface area contributed by atoms with Crippen LogP contribution >= 0.6 is 0 Å². The van der Waals surface area contributed by atoms with Gasteiger partial charge in [0.15, 0.2) is 11.8 Å². The van der Waals surface area contributed by atoms with E-state index >= 15 is 0 Å². The number of hydrogen-bond donors (Lipinski definition) is 2. The van der Waals surface area contributed by atoms with Crippen LogP contribution in [0.2, 0.25) is 0 Å². The summed E-state index contributed by atoms with van der Waals surface area (Å²) >= 11 is 0. The summed E-state index contributed by atoms with van der Waals surface area (Å²) in [5.74, 6) is 2.52. The Kier molecular flexibility index (Phi) is 7.60. The molecule has 0 aliphatic heterocycles. The van der Waals surface area contributed by atoms with Crippen LogP contribution in [-0.4, -0.2) is 26.8 Å². The van der Waals surface area contributed by atoms with Crippen molar-refractivity contribution in [2.75, 3.05) is 0 Å². The molecule has 158 valence electrons. The van der Waals surface area contributed by atoms with Gasteiger partial charge in [0.1, 0.15) is 12.4 Å². The maximum atomic E-state index is 4.80. The van der Waals surface area contributed by atoms with Gasteiger partial charge in [0, 0.05) is 13.1 Å². The van der Waals surface area contributed by atoms with Gasteiger partial charge in [-0.05, 0) is 44.7 Å². The molecule has 2 N–H and O–H groups in total. The maximum Gasteiger partial charge on any atom is 0.192 e. The SMILES string of the molecule is Cc1nnc(CN=C(NC(C)CCc2ccccc2)NC(C)c2ccccc2)n1C. The van der Waals surface area contributed by atoms with E-state index in [1.807, 2.05) is 24.6 Å². The summed E-state index contributed by atoms with van der Waals surface area (Å²) in [7, 11) is 1.97. The molecule has 1 heterocycles. The van der Waals surface area contributed by atoms with E-state index in [0.717, 1.165) is 30.5 Å². The van der Waals surface area contributed by atoms with Crippen LogP contribution in [-0.2, 0) is 20.0 Å². The van der Waals surface area contributed by atoms with Gasteiger partial charge >= 0.3 is 0 Å². The Morgan fingerprint density at radius 2 is 1.63 bits per heavy atom. The van der Waals surface area contributed by atoms with Gasteiger partial charge in [0.05, 0.1) is 6.04 Å². The Bertz CT molecular complexity index is 933. The van der Waals surface area contributed by atoms with Crippen LogP contribution in [0.5, 0.6) is 0 Å². The third-order valence-electron chi connectivity index (χ3n) is 5.31. The minimum atomic E-state index is 0.139. The molecule has 0 fully saturated rings. The Labute approximate surface area is 179 Å². The van der Waals surface area contributed by atoms with Crippen LogP contribution in [0.1, 0.15) is 49.1 Å². The molecule has 6 nitrogen and oxygen atoms in total. The molecule has 0 bridgehead atoms. The molecular weight excluding hydrogens is 372 g/mol. The molecule has 30 heavy (non-hydrogen) atoms. The van der Waals surface area contributed by atoms with Crippen molar-refractivity contribution >= 4 is 5.96 Å². The Balaban J connectivity index is 1.67. The molecule has 0 aliphatic carbocycles. The molecule has 3 rings (SSSR count). The number of aliphatic imine (C=N–C) groups is 1. The normalized spacial score (nSPS) is 13.7. The van der Waals surface area contributed by atoms with Crippen molar-refractivity contribution in [3.63, 3.8) is 0 Å². The fraction of sp³-hybridized carbons (Fsp3) is 0.375. The van der Waals surface area contributed by atoms with Gasteiger partial charge < -0.3 is 15.2 Å². The zero-order chi connectivity index (χ0) is 21.3. The van der Waals surface area contributed by atoms with Gasteiger partial charge in [-0.1, -0.05) is 60.7 Å². The lowest BCUT2D eigenvalue weighted by atomic mass is 10.1. The highest BCUT2D eigenvalue weighted by atomic mass is 15.3. The molecule has 0 radical (unpaired) electrons. The molecule has 0 spiro atoms. The highest BCUT2D eigenvalue weighted by molar-refractivity contribution is 5.80. The molecule has 0 amide bonds. The minimum Gasteiger partial charge on any atom is -0.354 e. The van der Waals surface area contributed by atoms with E-state index in [1.165, 1.54) is 11.1 Å². The summed E-state index contributed by atoms with van der Waals surface area (Å²) in [5.41, 5.74) is 2.57. The number of hydrogen-bond acceptors (Lipinski definition) is 3. The van der Waals surface area contributed by atoms with E-state index in [0.29, 0.717) is 6.54 Å². The molecule has 0 saturated heterocycles. The van der Waals surface area contributed by atoms with E-state index in [9.17, 15) is 0 Å². The monoisotopic (exact) mass is 404 g/mol. The summed E-state index contributed by atoms with van der Waals surface area (Å²) in [4.78, 5) is 4.80. The van der Waals surface area contributed by atoms with Crippen LogP contribution in [0, 0.1) is 6.92 Å². The standard InChI is InChI=1S/C24H32N6/c1-18(15-16-21-11-7-5-8-12-21)26-24(25-17-23-29-28-20(3)30(23)4)27-19(2)22-13-9-6-10-14-22/h5-14,18-19H,15-17H2,1-4H3,(H2,25,26,27). The van der Waals surface area contributed by atoms with Crippen molar-refractivity contribution in [2.45, 2.75) is 52.2 Å². The van der Waals surface area contributed by atoms with Crippen LogP contribution in [0.25, 0.3) is 0 Å². The van der Waals surface area contributed by atoms with Gasteiger partial charge in [-0.25, -0.2) is 4.99 Å². The molecule has 1 aromatic heterocycles. The number of nitrogens with zero attached hydrogens (tertiary/aromatic N) is 4. The molecule has 0 saturated carbocycles. The second-order valence-corrected chi connectivity index (χ2v) is 7.73. The first-order valence-electron chi connectivity index (χ1n) is 10.5. The van der Waals surface area contributed by atoms with Crippen molar-refractivity contribution in [3.05, 3.63) is 83.4 Å². The van der Waals surface area contributed by atoms with Crippen molar-refractivity contribution in [2.24, 2.45) is 12.0 Å². The van der Waals surface area contributed by atoms with Gasteiger partial charge in [-0.3, -0.25) is 0 Å². The van der Waals surface area contributed by atoms with Gasteiger partial charge in [0.25, 0.3) is 0 Å². The Hall–Kier alpha value is -3.15. The largest absolute Gasteiger partial charge is 0.354 e. The molecule has 2 unspecified atom stereocenters. The highest BCUT2D eigenvalue weighted by Gasteiger charge is 2.12. The number of benzene rings is 2. The first kappa shape index (κ1) is 21.6.